The number of aliphatic hydroxyl groups is 1. The van der Waals surface area contributed by atoms with Gasteiger partial charge in [-0.15, -0.1) is 5.10 Å². The first-order chi connectivity index (χ1) is 15.9. The molecule has 1 fully saturated rings. The molecule has 11 nitrogen and oxygen atoms in total. The van der Waals surface area contributed by atoms with E-state index in [0.29, 0.717) is 35.2 Å². The van der Waals surface area contributed by atoms with Gasteiger partial charge in [0.1, 0.15) is 23.0 Å². The number of anilines is 3. The number of nitrogens with one attached hydrogen (secondary N) is 3. The smallest absolute Gasteiger partial charge is 0.257 e. The molecule has 33 heavy (non-hydrogen) atoms. The summed E-state index contributed by atoms with van der Waals surface area (Å²) in [5, 5.41) is 26.7. The highest BCUT2D eigenvalue weighted by Gasteiger charge is 2.31. The number of carbonyl (C=O) groups excluding carboxylic acids is 1. The first-order valence-electron chi connectivity index (χ1n) is 10.4. The number of hydrogen-bond donors (Lipinski definition) is 4. The van der Waals surface area contributed by atoms with E-state index in [0.717, 1.165) is 6.42 Å². The maximum atomic E-state index is 14.1. The zero-order valence-corrected chi connectivity index (χ0v) is 17.9. The highest BCUT2D eigenvalue weighted by atomic mass is 19.1. The highest BCUT2D eigenvalue weighted by Crippen LogP contribution is 2.25. The molecule has 0 radical (unpaired) electrons. The zero-order chi connectivity index (χ0) is 23.1. The maximum Gasteiger partial charge on any atom is 0.257 e. The number of aliphatic hydroxyl groups excluding tert-OH is 1. The van der Waals surface area contributed by atoms with Gasteiger partial charge in [0.05, 0.1) is 29.6 Å². The Balaban J connectivity index is 1.47. The van der Waals surface area contributed by atoms with Crippen molar-refractivity contribution in [2.75, 3.05) is 17.7 Å². The number of hydrogen-bond acceptors (Lipinski definition) is 8. The molecule has 4 N–H and O–H groups in total. The lowest BCUT2D eigenvalue weighted by Gasteiger charge is -2.32. The number of amides is 1. The van der Waals surface area contributed by atoms with Crippen LogP contribution in [0, 0.1) is 5.95 Å². The molecule has 4 aromatic rings. The van der Waals surface area contributed by atoms with Gasteiger partial charge < -0.3 is 21.1 Å². The Morgan fingerprint density at radius 3 is 2.76 bits per heavy atom. The highest BCUT2D eigenvalue weighted by molar-refractivity contribution is 6.00. The van der Waals surface area contributed by atoms with Crippen molar-refractivity contribution < 1.29 is 14.3 Å². The SMILES string of the molecule is CNc1cc(Nc2cccc(-c3cn(C)nc3F)n2)nc2c(C(=O)N[C@H]3CC[C@H]3O)cnn12. The van der Waals surface area contributed by atoms with E-state index >= 15 is 0 Å². The molecule has 12 heteroatoms. The second kappa shape index (κ2) is 8.13. The Hall–Kier alpha value is -4.06. The summed E-state index contributed by atoms with van der Waals surface area (Å²) in [6.45, 7) is 0. The third-order valence-electron chi connectivity index (χ3n) is 5.59. The molecular formula is C21H22FN9O2. The van der Waals surface area contributed by atoms with E-state index in [9.17, 15) is 14.3 Å². The molecule has 0 unspecified atom stereocenters. The van der Waals surface area contributed by atoms with Crippen LogP contribution in [0.5, 0.6) is 0 Å². The van der Waals surface area contributed by atoms with Gasteiger partial charge in [0, 0.05) is 26.4 Å². The van der Waals surface area contributed by atoms with Crippen molar-refractivity contribution >= 4 is 29.0 Å². The van der Waals surface area contributed by atoms with Gasteiger partial charge in [-0.2, -0.15) is 14.0 Å². The van der Waals surface area contributed by atoms with Gasteiger partial charge in [-0.25, -0.2) is 9.97 Å². The first kappa shape index (κ1) is 20.8. The third kappa shape index (κ3) is 3.84. The van der Waals surface area contributed by atoms with Crippen LogP contribution in [0.3, 0.4) is 0 Å². The Labute approximate surface area is 187 Å². The number of rotatable bonds is 6. The molecule has 1 amide bonds. The maximum absolute atomic E-state index is 14.1. The summed E-state index contributed by atoms with van der Waals surface area (Å²) in [7, 11) is 3.37. The lowest BCUT2D eigenvalue weighted by Crippen LogP contribution is -2.50. The van der Waals surface area contributed by atoms with Gasteiger partial charge >= 0.3 is 0 Å². The number of pyridine rings is 1. The predicted octanol–water partition coefficient (Wildman–Crippen LogP) is 1.70. The van der Waals surface area contributed by atoms with Gasteiger partial charge in [-0.05, 0) is 25.0 Å². The van der Waals surface area contributed by atoms with Gasteiger partial charge in [-0.1, -0.05) is 6.07 Å². The van der Waals surface area contributed by atoms with Crippen molar-refractivity contribution in [3.63, 3.8) is 0 Å². The van der Waals surface area contributed by atoms with Crippen LogP contribution < -0.4 is 16.0 Å². The summed E-state index contributed by atoms with van der Waals surface area (Å²) >= 11 is 0. The van der Waals surface area contributed by atoms with Crippen molar-refractivity contribution in [2.45, 2.75) is 25.0 Å². The third-order valence-corrected chi connectivity index (χ3v) is 5.59. The minimum Gasteiger partial charge on any atom is -0.391 e. The van der Waals surface area contributed by atoms with E-state index in [1.807, 2.05) is 0 Å². The average molecular weight is 451 g/mol. The molecule has 2 atom stereocenters. The van der Waals surface area contributed by atoms with Gasteiger partial charge in [0.25, 0.3) is 5.91 Å². The van der Waals surface area contributed by atoms with Crippen LogP contribution in [0.15, 0.2) is 36.7 Å². The molecule has 0 aliphatic heterocycles. The molecule has 0 spiro atoms. The van der Waals surface area contributed by atoms with Crippen molar-refractivity contribution in [2.24, 2.45) is 7.05 Å². The largest absolute Gasteiger partial charge is 0.391 e. The quantitative estimate of drug-likeness (QED) is 0.348. The van der Waals surface area contributed by atoms with Crippen LogP contribution in [0.2, 0.25) is 0 Å². The molecule has 0 saturated heterocycles. The first-order valence-corrected chi connectivity index (χ1v) is 10.4. The molecular weight excluding hydrogens is 429 g/mol. The van der Waals surface area contributed by atoms with Crippen LogP contribution in [-0.4, -0.2) is 59.6 Å². The topological polar surface area (TPSA) is 134 Å². The molecule has 170 valence electrons. The number of halogens is 1. The lowest BCUT2D eigenvalue weighted by atomic mass is 9.89. The molecule has 4 aromatic heterocycles. The minimum absolute atomic E-state index is 0.266. The fourth-order valence-corrected chi connectivity index (χ4v) is 3.68. The van der Waals surface area contributed by atoms with Crippen LogP contribution in [0.1, 0.15) is 23.2 Å². The van der Waals surface area contributed by atoms with Gasteiger partial charge in [0.15, 0.2) is 5.65 Å². The van der Waals surface area contributed by atoms with E-state index in [1.54, 1.807) is 44.6 Å². The summed E-state index contributed by atoms with van der Waals surface area (Å²) in [5.74, 6) is 0.497. The van der Waals surface area contributed by atoms with Gasteiger partial charge in [0.2, 0.25) is 5.95 Å². The zero-order valence-electron chi connectivity index (χ0n) is 17.9. The lowest BCUT2D eigenvalue weighted by molar-refractivity contribution is 0.0448. The molecule has 5 rings (SSSR count). The molecule has 1 saturated carbocycles. The molecule has 0 bridgehead atoms. The van der Waals surface area contributed by atoms with E-state index in [2.05, 4.69) is 36.1 Å². The number of fused-ring (bicyclic) bond motifs is 1. The monoisotopic (exact) mass is 451 g/mol. The molecule has 1 aliphatic carbocycles. The van der Waals surface area contributed by atoms with Crippen molar-refractivity contribution in [1.29, 1.82) is 0 Å². The summed E-state index contributed by atoms with van der Waals surface area (Å²) in [4.78, 5) is 21.8. The summed E-state index contributed by atoms with van der Waals surface area (Å²) in [6.07, 6.45) is 3.87. The van der Waals surface area contributed by atoms with Crippen molar-refractivity contribution in [3.05, 3.63) is 48.2 Å². The summed E-state index contributed by atoms with van der Waals surface area (Å²) in [6, 6.07) is 6.62. The van der Waals surface area contributed by atoms with E-state index < -0.39 is 12.1 Å². The van der Waals surface area contributed by atoms with Gasteiger partial charge in [-0.3, -0.25) is 9.48 Å². The van der Waals surface area contributed by atoms with Crippen molar-refractivity contribution in [1.82, 2.24) is 34.7 Å². The average Bonchev–Trinajstić information content (AvgIpc) is 3.38. The Bertz CT molecular complexity index is 1350. The molecule has 0 aromatic carbocycles. The Kier molecular flexibility index (Phi) is 5.13. The fourth-order valence-electron chi connectivity index (χ4n) is 3.68. The summed E-state index contributed by atoms with van der Waals surface area (Å²) in [5.41, 5.74) is 1.33. The minimum atomic E-state index is -0.606. The Morgan fingerprint density at radius 2 is 2.09 bits per heavy atom. The second-order valence-electron chi connectivity index (χ2n) is 7.84. The van der Waals surface area contributed by atoms with E-state index in [4.69, 9.17) is 0 Å². The van der Waals surface area contributed by atoms with E-state index in [-0.39, 0.29) is 23.1 Å². The summed E-state index contributed by atoms with van der Waals surface area (Å²) < 4.78 is 17.0. The van der Waals surface area contributed by atoms with Crippen LogP contribution in [0.4, 0.5) is 21.8 Å². The molecule has 1 aliphatic rings. The van der Waals surface area contributed by atoms with Crippen LogP contribution in [0.25, 0.3) is 16.9 Å². The molecule has 4 heterocycles. The van der Waals surface area contributed by atoms with Crippen molar-refractivity contribution in [3.8, 4) is 11.3 Å². The van der Waals surface area contributed by atoms with Crippen LogP contribution >= 0.6 is 0 Å². The normalized spacial score (nSPS) is 17.6. The predicted molar refractivity (Wildman–Crippen MR) is 119 cm³/mol. The standard InChI is InChI=1S/C21H22FN9O2/c1-23-18-8-17(27-16-5-3-4-13(25-16)12-10-30(2)29-19(12)22)28-20-11(9-24-31(18)20)21(33)26-14-6-7-15(14)32/h3-5,8-10,14-15,23,32H,6-7H2,1-2H3,(H,26,33)(H,25,27,28)/t14-,15+/m0/s1. The fraction of sp³-hybridized carbons (Fsp3) is 0.286. The number of nitrogens with zero attached hydrogens (tertiary/aromatic N) is 6. The number of aromatic nitrogens is 6. The van der Waals surface area contributed by atoms with E-state index in [1.165, 1.54) is 15.4 Å². The van der Waals surface area contributed by atoms with Crippen LogP contribution in [-0.2, 0) is 7.05 Å². The second-order valence-corrected chi connectivity index (χ2v) is 7.84. The number of aryl methyl sites for hydroxylation is 1. The Morgan fingerprint density at radius 1 is 1.24 bits per heavy atom. The number of carbonyl (C=O) groups is 1.